The summed E-state index contributed by atoms with van der Waals surface area (Å²) in [4.78, 5) is 23.8. The van der Waals surface area contributed by atoms with Gasteiger partial charge in [0.2, 0.25) is 5.91 Å². The topological polar surface area (TPSA) is 66.4 Å². The van der Waals surface area contributed by atoms with Crippen LogP contribution >= 0.6 is 0 Å². The van der Waals surface area contributed by atoms with Gasteiger partial charge in [-0.15, -0.1) is 0 Å². The Morgan fingerprint density at radius 2 is 1.67 bits per heavy atom. The number of carboxylic acids is 1. The van der Waals surface area contributed by atoms with Crippen molar-refractivity contribution in [1.29, 1.82) is 0 Å². The molecule has 0 aliphatic rings. The Morgan fingerprint density at radius 3 is 2.10 bits per heavy atom. The smallest absolute Gasteiger partial charge is 0.333 e. The molecular weight excluding hydrogens is 266 g/mol. The molecule has 0 spiro atoms. The molecule has 21 heavy (non-hydrogen) atoms. The van der Waals surface area contributed by atoms with E-state index in [1.807, 2.05) is 13.0 Å². The standard InChI is InChI=1S/C17H25NO3/c1-12(16(2,3)4)11-14(19)18-17(5,15(20)21)13-9-7-6-8-10-13/h6-10,12H,11H2,1-5H3,(H,18,19)(H,20,21). The van der Waals surface area contributed by atoms with Crippen LogP contribution < -0.4 is 5.32 Å². The summed E-state index contributed by atoms with van der Waals surface area (Å²) in [7, 11) is 0. The Bertz CT molecular complexity index is 505. The fourth-order valence-electron chi connectivity index (χ4n) is 1.93. The van der Waals surface area contributed by atoms with Crippen molar-refractivity contribution in [3.05, 3.63) is 35.9 Å². The van der Waals surface area contributed by atoms with Crippen molar-refractivity contribution in [2.75, 3.05) is 0 Å². The molecule has 2 atom stereocenters. The van der Waals surface area contributed by atoms with Crippen LogP contribution in [0.3, 0.4) is 0 Å². The van der Waals surface area contributed by atoms with Gasteiger partial charge in [0.15, 0.2) is 5.54 Å². The largest absolute Gasteiger partial charge is 0.479 e. The van der Waals surface area contributed by atoms with E-state index in [4.69, 9.17) is 0 Å². The van der Waals surface area contributed by atoms with E-state index >= 15 is 0 Å². The molecule has 0 aliphatic heterocycles. The highest BCUT2D eigenvalue weighted by atomic mass is 16.4. The monoisotopic (exact) mass is 291 g/mol. The van der Waals surface area contributed by atoms with Crippen molar-refractivity contribution in [2.24, 2.45) is 11.3 Å². The molecule has 0 fully saturated rings. The van der Waals surface area contributed by atoms with Gasteiger partial charge in [-0.1, -0.05) is 58.0 Å². The minimum Gasteiger partial charge on any atom is -0.479 e. The summed E-state index contributed by atoms with van der Waals surface area (Å²) in [5, 5.41) is 12.2. The molecule has 0 bridgehead atoms. The Kier molecular flexibility index (Phi) is 5.15. The first-order valence-corrected chi connectivity index (χ1v) is 7.17. The molecule has 1 aromatic rings. The average molecular weight is 291 g/mol. The molecule has 0 saturated heterocycles. The lowest BCUT2D eigenvalue weighted by Crippen LogP contribution is -2.50. The summed E-state index contributed by atoms with van der Waals surface area (Å²) in [5.41, 5.74) is -0.839. The maximum atomic E-state index is 12.2. The van der Waals surface area contributed by atoms with Gasteiger partial charge in [-0.25, -0.2) is 4.79 Å². The molecule has 1 rings (SSSR count). The Balaban J connectivity index is 2.90. The van der Waals surface area contributed by atoms with Gasteiger partial charge in [-0.3, -0.25) is 4.79 Å². The summed E-state index contributed by atoms with van der Waals surface area (Å²) < 4.78 is 0. The maximum absolute atomic E-state index is 12.2. The van der Waals surface area contributed by atoms with E-state index < -0.39 is 11.5 Å². The number of benzene rings is 1. The van der Waals surface area contributed by atoms with Crippen LogP contribution in [-0.2, 0) is 15.1 Å². The van der Waals surface area contributed by atoms with Gasteiger partial charge in [0.05, 0.1) is 0 Å². The highest BCUT2D eigenvalue weighted by Gasteiger charge is 2.37. The number of hydrogen-bond donors (Lipinski definition) is 2. The van der Waals surface area contributed by atoms with E-state index in [2.05, 4.69) is 26.1 Å². The first kappa shape index (κ1) is 17.2. The summed E-state index contributed by atoms with van der Waals surface area (Å²) in [6, 6.07) is 8.76. The van der Waals surface area contributed by atoms with Crippen molar-refractivity contribution >= 4 is 11.9 Å². The average Bonchev–Trinajstić information content (AvgIpc) is 2.38. The van der Waals surface area contributed by atoms with Gasteiger partial charge in [0, 0.05) is 6.42 Å². The van der Waals surface area contributed by atoms with Crippen LogP contribution in [0.2, 0.25) is 0 Å². The van der Waals surface area contributed by atoms with E-state index in [0.29, 0.717) is 12.0 Å². The van der Waals surface area contributed by atoms with Crippen LogP contribution in [0.4, 0.5) is 0 Å². The van der Waals surface area contributed by atoms with Crippen LogP contribution in [0.15, 0.2) is 30.3 Å². The summed E-state index contributed by atoms with van der Waals surface area (Å²) in [5.74, 6) is -1.15. The lowest BCUT2D eigenvalue weighted by molar-refractivity contribution is -0.147. The zero-order valence-electron chi connectivity index (χ0n) is 13.4. The van der Waals surface area contributed by atoms with Crippen LogP contribution in [0.25, 0.3) is 0 Å². The van der Waals surface area contributed by atoms with Crippen molar-refractivity contribution in [3.63, 3.8) is 0 Å². The number of carboxylic acid groups (broad SMARTS) is 1. The Labute approximate surface area is 126 Å². The number of aliphatic carboxylic acids is 1. The second kappa shape index (κ2) is 6.29. The quantitative estimate of drug-likeness (QED) is 0.875. The molecule has 0 saturated carbocycles. The number of amides is 1. The van der Waals surface area contributed by atoms with Gasteiger partial charge in [0.1, 0.15) is 0 Å². The molecule has 2 N–H and O–H groups in total. The minimum atomic E-state index is -1.41. The Morgan fingerprint density at radius 1 is 1.14 bits per heavy atom. The van der Waals surface area contributed by atoms with Crippen molar-refractivity contribution in [1.82, 2.24) is 5.32 Å². The number of nitrogens with one attached hydrogen (secondary N) is 1. The van der Waals surface area contributed by atoms with Gasteiger partial charge < -0.3 is 10.4 Å². The molecule has 4 heteroatoms. The van der Waals surface area contributed by atoms with E-state index in [1.54, 1.807) is 24.3 Å². The first-order valence-electron chi connectivity index (χ1n) is 7.17. The number of carbonyl (C=O) groups is 2. The first-order chi connectivity index (χ1) is 9.57. The summed E-state index contributed by atoms with van der Waals surface area (Å²) in [6.07, 6.45) is 0.305. The van der Waals surface area contributed by atoms with Crippen LogP contribution in [0.5, 0.6) is 0 Å². The normalized spacial score (nSPS) is 15.9. The number of rotatable bonds is 5. The fraction of sp³-hybridized carbons (Fsp3) is 0.529. The molecule has 1 amide bonds. The zero-order chi connectivity index (χ0) is 16.3. The van der Waals surface area contributed by atoms with Crippen molar-refractivity contribution in [3.8, 4) is 0 Å². The highest BCUT2D eigenvalue weighted by molar-refractivity contribution is 5.87. The molecule has 0 aliphatic carbocycles. The zero-order valence-corrected chi connectivity index (χ0v) is 13.4. The van der Waals surface area contributed by atoms with Crippen LogP contribution in [0, 0.1) is 11.3 Å². The van der Waals surface area contributed by atoms with E-state index in [0.717, 1.165) is 0 Å². The predicted octanol–water partition coefficient (Wildman–Crippen LogP) is 3.17. The SMILES string of the molecule is CC(CC(=O)NC(C)(C(=O)O)c1ccccc1)C(C)(C)C. The second-order valence-corrected chi connectivity index (χ2v) is 6.82. The molecular formula is C17H25NO3. The van der Waals surface area contributed by atoms with Gasteiger partial charge in [-0.05, 0) is 23.8 Å². The van der Waals surface area contributed by atoms with Crippen LogP contribution in [-0.4, -0.2) is 17.0 Å². The van der Waals surface area contributed by atoms with E-state index in [9.17, 15) is 14.7 Å². The molecule has 0 heterocycles. The number of carbonyl (C=O) groups excluding carboxylic acids is 1. The molecule has 4 nitrogen and oxygen atoms in total. The van der Waals surface area contributed by atoms with E-state index in [1.165, 1.54) is 6.92 Å². The molecule has 2 unspecified atom stereocenters. The maximum Gasteiger partial charge on any atom is 0.333 e. The summed E-state index contributed by atoms with van der Waals surface area (Å²) >= 11 is 0. The third-order valence-corrected chi connectivity index (χ3v) is 4.14. The van der Waals surface area contributed by atoms with E-state index in [-0.39, 0.29) is 17.2 Å². The second-order valence-electron chi connectivity index (χ2n) is 6.82. The lowest BCUT2D eigenvalue weighted by atomic mass is 9.80. The molecule has 116 valence electrons. The third-order valence-electron chi connectivity index (χ3n) is 4.14. The summed E-state index contributed by atoms with van der Waals surface area (Å²) in [6.45, 7) is 9.72. The van der Waals surface area contributed by atoms with Gasteiger partial charge >= 0.3 is 5.97 Å². The van der Waals surface area contributed by atoms with Crippen molar-refractivity contribution < 1.29 is 14.7 Å². The Hall–Kier alpha value is -1.84. The fourth-order valence-corrected chi connectivity index (χ4v) is 1.93. The van der Waals surface area contributed by atoms with Crippen LogP contribution in [0.1, 0.15) is 46.6 Å². The lowest BCUT2D eigenvalue weighted by Gasteiger charge is -2.30. The van der Waals surface area contributed by atoms with Crippen molar-refractivity contribution in [2.45, 2.75) is 46.6 Å². The molecule has 0 aromatic heterocycles. The molecule has 1 aromatic carbocycles. The minimum absolute atomic E-state index is 0.00368. The molecule has 0 radical (unpaired) electrons. The third kappa shape index (κ3) is 4.31. The number of hydrogen-bond acceptors (Lipinski definition) is 2. The van der Waals surface area contributed by atoms with Gasteiger partial charge in [0.25, 0.3) is 0 Å². The highest BCUT2D eigenvalue weighted by Crippen LogP contribution is 2.29. The predicted molar refractivity (Wildman–Crippen MR) is 82.8 cm³/mol. The van der Waals surface area contributed by atoms with Gasteiger partial charge in [-0.2, -0.15) is 0 Å².